The Balaban J connectivity index is 2.51. The zero-order valence-electron chi connectivity index (χ0n) is 14.0. The van der Waals surface area contributed by atoms with Crippen molar-refractivity contribution in [3.8, 4) is 11.1 Å². The Hall–Kier alpha value is -3.36. The van der Waals surface area contributed by atoms with Crippen molar-refractivity contribution in [2.75, 3.05) is 7.11 Å². The molecule has 3 aromatic rings. The fraction of sp³-hybridized carbons (Fsp3) is 0.250. The van der Waals surface area contributed by atoms with Gasteiger partial charge >= 0.3 is 17.8 Å². The Morgan fingerprint density at radius 1 is 1.28 bits per heavy atom. The number of aryl methyl sites for hydroxylation is 3. The van der Waals surface area contributed by atoms with Crippen LogP contribution in [0, 0.1) is 13.8 Å². The summed E-state index contributed by atoms with van der Waals surface area (Å²) in [6.45, 7) is 3.43. The number of methoxy groups -OCH3 is 1. The average molecular weight is 345 g/mol. The maximum absolute atomic E-state index is 12.3. The van der Waals surface area contributed by atoms with E-state index in [9.17, 15) is 19.5 Å². The van der Waals surface area contributed by atoms with Gasteiger partial charge in [-0.05, 0) is 31.5 Å². The molecule has 2 heterocycles. The topological polar surface area (TPSA) is 117 Å². The number of esters is 1. The molecule has 0 radical (unpaired) electrons. The first kappa shape index (κ1) is 16.5. The summed E-state index contributed by atoms with van der Waals surface area (Å²) in [5.74, 6) is -0.176. The SMILES string of the molecule is COC(=O)c1cc(-c2c(C)noc2C)cc2c1n(C)c(=O)n2C(=O)O. The van der Waals surface area contributed by atoms with Gasteiger partial charge in [0.25, 0.3) is 0 Å². The molecule has 25 heavy (non-hydrogen) atoms. The van der Waals surface area contributed by atoms with E-state index in [0.29, 0.717) is 27.1 Å². The number of ether oxygens (including phenoxy) is 1. The second-order valence-corrected chi connectivity index (χ2v) is 5.54. The van der Waals surface area contributed by atoms with Crippen LogP contribution < -0.4 is 5.69 Å². The van der Waals surface area contributed by atoms with Gasteiger partial charge in [0.15, 0.2) is 0 Å². The molecule has 0 aliphatic heterocycles. The lowest BCUT2D eigenvalue weighted by atomic mass is 10.00. The van der Waals surface area contributed by atoms with E-state index < -0.39 is 17.8 Å². The largest absolute Gasteiger partial charge is 0.465 e. The molecule has 0 bridgehead atoms. The van der Waals surface area contributed by atoms with E-state index >= 15 is 0 Å². The van der Waals surface area contributed by atoms with E-state index in [4.69, 9.17) is 9.26 Å². The molecule has 1 aromatic carbocycles. The van der Waals surface area contributed by atoms with Gasteiger partial charge in [-0.15, -0.1) is 0 Å². The lowest BCUT2D eigenvalue weighted by Crippen LogP contribution is -2.26. The van der Waals surface area contributed by atoms with Gasteiger partial charge in [-0.25, -0.2) is 14.4 Å². The molecule has 0 saturated carbocycles. The van der Waals surface area contributed by atoms with Crippen molar-refractivity contribution < 1.29 is 24.0 Å². The van der Waals surface area contributed by atoms with Crippen LogP contribution in [0.1, 0.15) is 21.8 Å². The van der Waals surface area contributed by atoms with Crippen LogP contribution in [-0.2, 0) is 11.8 Å². The highest BCUT2D eigenvalue weighted by atomic mass is 16.5. The van der Waals surface area contributed by atoms with Gasteiger partial charge in [0, 0.05) is 12.6 Å². The summed E-state index contributed by atoms with van der Waals surface area (Å²) in [7, 11) is 2.61. The van der Waals surface area contributed by atoms with E-state index in [-0.39, 0.29) is 16.6 Å². The third-order valence-corrected chi connectivity index (χ3v) is 4.06. The van der Waals surface area contributed by atoms with Crippen LogP contribution in [0.2, 0.25) is 0 Å². The van der Waals surface area contributed by atoms with Crippen molar-refractivity contribution in [2.45, 2.75) is 13.8 Å². The molecular weight excluding hydrogens is 330 g/mol. The molecule has 130 valence electrons. The highest BCUT2D eigenvalue weighted by molar-refractivity contribution is 6.05. The van der Waals surface area contributed by atoms with Crippen LogP contribution in [0.4, 0.5) is 4.79 Å². The third kappa shape index (κ3) is 2.32. The van der Waals surface area contributed by atoms with Gasteiger partial charge in [-0.1, -0.05) is 5.16 Å². The molecule has 0 aliphatic rings. The van der Waals surface area contributed by atoms with Crippen LogP contribution in [0.5, 0.6) is 0 Å². The number of imidazole rings is 1. The predicted molar refractivity (Wildman–Crippen MR) is 86.9 cm³/mol. The zero-order valence-corrected chi connectivity index (χ0v) is 14.0. The van der Waals surface area contributed by atoms with Gasteiger partial charge in [0.2, 0.25) is 0 Å². The van der Waals surface area contributed by atoms with Gasteiger partial charge in [0.05, 0.1) is 29.4 Å². The lowest BCUT2D eigenvalue weighted by Gasteiger charge is -2.08. The van der Waals surface area contributed by atoms with E-state index in [1.54, 1.807) is 13.8 Å². The Morgan fingerprint density at radius 3 is 2.48 bits per heavy atom. The van der Waals surface area contributed by atoms with Crippen LogP contribution in [-0.4, -0.2) is 38.6 Å². The fourth-order valence-electron chi connectivity index (χ4n) is 2.98. The molecule has 0 atom stereocenters. The minimum Gasteiger partial charge on any atom is -0.465 e. The van der Waals surface area contributed by atoms with Gasteiger partial charge in [-0.2, -0.15) is 4.57 Å². The maximum Gasteiger partial charge on any atom is 0.420 e. The Bertz CT molecular complexity index is 1070. The number of carbonyl (C=O) groups is 2. The molecule has 0 aliphatic carbocycles. The maximum atomic E-state index is 12.3. The minimum absolute atomic E-state index is 0.0783. The summed E-state index contributed by atoms with van der Waals surface area (Å²) in [5, 5.41) is 13.3. The molecule has 0 saturated heterocycles. The first-order valence-corrected chi connectivity index (χ1v) is 7.28. The molecule has 9 nitrogen and oxygen atoms in total. The molecular formula is C16H15N3O6. The summed E-state index contributed by atoms with van der Waals surface area (Å²) >= 11 is 0. The second-order valence-electron chi connectivity index (χ2n) is 5.54. The van der Waals surface area contributed by atoms with E-state index in [1.807, 2.05) is 0 Å². The summed E-state index contributed by atoms with van der Waals surface area (Å²) < 4.78 is 11.6. The van der Waals surface area contributed by atoms with Crippen molar-refractivity contribution in [1.82, 2.24) is 14.3 Å². The predicted octanol–water partition coefficient (Wildman–Crippen LogP) is 1.92. The molecule has 0 spiro atoms. The molecule has 0 fully saturated rings. The molecule has 2 aromatic heterocycles. The normalized spacial score (nSPS) is 11.0. The Labute approximate surface area is 141 Å². The van der Waals surface area contributed by atoms with Crippen LogP contribution in [0.3, 0.4) is 0 Å². The van der Waals surface area contributed by atoms with Gasteiger partial charge in [-0.3, -0.25) is 4.57 Å². The number of benzene rings is 1. The molecule has 0 amide bonds. The first-order valence-electron chi connectivity index (χ1n) is 7.28. The highest BCUT2D eigenvalue weighted by Gasteiger charge is 2.24. The summed E-state index contributed by atoms with van der Waals surface area (Å²) in [6, 6.07) is 3.05. The second kappa shape index (κ2) is 5.62. The van der Waals surface area contributed by atoms with Crippen molar-refractivity contribution in [2.24, 2.45) is 7.05 Å². The summed E-state index contributed by atoms with van der Waals surface area (Å²) in [5.41, 5.74) is 1.27. The van der Waals surface area contributed by atoms with E-state index in [1.165, 1.54) is 26.3 Å². The summed E-state index contributed by atoms with van der Waals surface area (Å²) in [4.78, 5) is 36.0. The van der Waals surface area contributed by atoms with Crippen molar-refractivity contribution in [3.63, 3.8) is 0 Å². The molecule has 1 N–H and O–H groups in total. The molecule has 9 heteroatoms. The van der Waals surface area contributed by atoms with Crippen molar-refractivity contribution >= 4 is 23.1 Å². The average Bonchev–Trinajstić information content (AvgIpc) is 3.03. The number of carboxylic acid groups (broad SMARTS) is 1. The lowest BCUT2D eigenvalue weighted by molar-refractivity contribution is 0.0602. The quantitative estimate of drug-likeness (QED) is 0.705. The molecule has 0 unspecified atom stereocenters. The zero-order chi connectivity index (χ0) is 18.5. The smallest absolute Gasteiger partial charge is 0.420 e. The van der Waals surface area contributed by atoms with Gasteiger partial charge < -0.3 is 14.4 Å². The number of nitrogens with zero attached hydrogens (tertiary/aromatic N) is 3. The highest BCUT2D eigenvalue weighted by Crippen LogP contribution is 2.32. The Kier molecular flexibility index (Phi) is 3.71. The van der Waals surface area contributed by atoms with E-state index in [2.05, 4.69) is 5.16 Å². The van der Waals surface area contributed by atoms with Crippen LogP contribution in [0.25, 0.3) is 22.2 Å². The van der Waals surface area contributed by atoms with Crippen LogP contribution in [0.15, 0.2) is 21.5 Å². The number of rotatable bonds is 2. The Morgan fingerprint density at radius 2 is 1.96 bits per heavy atom. The minimum atomic E-state index is -1.44. The molecule has 3 rings (SSSR count). The summed E-state index contributed by atoms with van der Waals surface area (Å²) in [6.07, 6.45) is -1.44. The number of hydrogen-bond donors (Lipinski definition) is 1. The van der Waals surface area contributed by atoms with Crippen molar-refractivity contribution in [3.05, 3.63) is 39.6 Å². The first-order chi connectivity index (χ1) is 11.8. The number of fused-ring (bicyclic) bond motifs is 1. The third-order valence-electron chi connectivity index (χ3n) is 4.06. The number of carbonyl (C=O) groups excluding carboxylic acids is 1. The van der Waals surface area contributed by atoms with Crippen molar-refractivity contribution in [1.29, 1.82) is 0 Å². The van der Waals surface area contributed by atoms with Gasteiger partial charge in [0.1, 0.15) is 5.76 Å². The number of aromatic nitrogens is 3. The standard InChI is InChI=1S/C16H15N3O6/c1-7-12(8(2)25-17-7)9-5-10(14(20)24-4)13-11(6-9)19(16(22)23)15(21)18(13)3/h5-6H,1-4H3,(H,22,23). The van der Waals surface area contributed by atoms with E-state index in [0.717, 1.165) is 4.57 Å². The van der Waals surface area contributed by atoms with Crippen LogP contribution >= 0.6 is 0 Å². The number of hydrogen-bond acceptors (Lipinski definition) is 6. The monoisotopic (exact) mass is 345 g/mol. The fourth-order valence-corrected chi connectivity index (χ4v) is 2.98.